The first-order chi connectivity index (χ1) is 11.1. The molecule has 0 atom stereocenters. The van der Waals surface area contributed by atoms with Gasteiger partial charge in [-0.15, -0.1) is 10.2 Å². The van der Waals surface area contributed by atoms with Crippen molar-refractivity contribution in [1.29, 1.82) is 0 Å². The van der Waals surface area contributed by atoms with Crippen molar-refractivity contribution in [1.82, 2.24) is 20.0 Å². The summed E-state index contributed by atoms with van der Waals surface area (Å²) in [5.41, 5.74) is 1.90. The molecule has 0 bridgehead atoms. The van der Waals surface area contributed by atoms with Gasteiger partial charge >= 0.3 is 0 Å². The molecule has 1 amide bonds. The summed E-state index contributed by atoms with van der Waals surface area (Å²) in [4.78, 5) is 12.1. The summed E-state index contributed by atoms with van der Waals surface area (Å²) in [5, 5.41) is 16.5. The van der Waals surface area contributed by atoms with Gasteiger partial charge < -0.3 is 5.32 Å². The van der Waals surface area contributed by atoms with E-state index in [1.807, 2.05) is 50.4 Å². The second-order valence-corrected chi connectivity index (χ2v) is 6.45. The number of nitrogens with one attached hydrogen (secondary N) is 1. The first kappa shape index (κ1) is 15.4. The Morgan fingerprint density at radius 3 is 2.65 bits per heavy atom. The zero-order valence-corrected chi connectivity index (χ0v) is 13.7. The van der Waals surface area contributed by atoms with Gasteiger partial charge in [0.25, 0.3) is 0 Å². The lowest BCUT2D eigenvalue weighted by Crippen LogP contribution is -2.14. The predicted molar refractivity (Wildman–Crippen MR) is 89.9 cm³/mol. The van der Waals surface area contributed by atoms with Crippen LogP contribution >= 0.6 is 11.3 Å². The summed E-state index contributed by atoms with van der Waals surface area (Å²) in [6, 6.07) is 9.61. The van der Waals surface area contributed by atoms with Crippen molar-refractivity contribution < 1.29 is 4.79 Å². The SMILES string of the molecule is CC(C)c1nnc(NC(=O)Cc2ccc(-n3cccn3)cc2)s1. The molecule has 0 radical (unpaired) electrons. The van der Waals surface area contributed by atoms with Gasteiger partial charge in [0.1, 0.15) is 5.01 Å². The van der Waals surface area contributed by atoms with Crippen LogP contribution in [0.1, 0.15) is 30.3 Å². The van der Waals surface area contributed by atoms with Gasteiger partial charge in [0.15, 0.2) is 0 Å². The first-order valence-electron chi connectivity index (χ1n) is 7.34. The Morgan fingerprint density at radius 1 is 1.26 bits per heavy atom. The molecule has 0 aliphatic heterocycles. The molecule has 0 saturated heterocycles. The molecule has 0 unspecified atom stereocenters. The average molecular weight is 327 g/mol. The molecule has 1 N–H and O–H groups in total. The van der Waals surface area contributed by atoms with E-state index in [-0.39, 0.29) is 5.91 Å². The normalized spacial score (nSPS) is 10.9. The van der Waals surface area contributed by atoms with Crippen LogP contribution < -0.4 is 5.32 Å². The Balaban J connectivity index is 1.61. The predicted octanol–water partition coefficient (Wildman–Crippen LogP) is 3.03. The number of carbonyl (C=O) groups is 1. The average Bonchev–Trinajstić information content (AvgIpc) is 3.19. The van der Waals surface area contributed by atoms with Crippen LogP contribution in [-0.2, 0) is 11.2 Å². The topological polar surface area (TPSA) is 72.7 Å². The summed E-state index contributed by atoms with van der Waals surface area (Å²) < 4.78 is 1.78. The second kappa shape index (κ2) is 6.70. The van der Waals surface area contributed by atoms with E-state index in [0.29, 0.717) is 17.5 Å². The number of anilines is 1. The summed E-state index contributed by atoms with van der Waals surface area (Å²) in [7, 11) is 0. The maximum absolute atomic E-state index is 12.1. The molecule has 0 saturated carbocycles. The van der Waals surface area contributed by atoms with Crippen molar-refractivity contribution in [3.05, 3.63) is 53.3 Å². The van der Waals surface area contributed by atoms with Crippen LogP contribution in [-0.4, -0.2) is 25.9 Å². The molecule has 23 heavy (non-hydrogen) atoms. The third-order valence-corrected chi connectivity index (χ3v) is 4.39. The van der Waals surface area contributed by atoms with E-state index in [9.17, 15) is 4.79 Å². The highest BCUT2D eigenvalue weighted by atomic mass is 32.1. The Bertz CT molecular complexity index is 777. The van der Waals surface area contributed by atoms with Crippen LogP contribution in [0.4, 0.5) is 5.13 Å². The fourth-order valence-corrected chi connectivity index (χ4v) is 2.82. The van der Waals surface area contributed by atoms with Crippen LogP contribution in [0.5, 0.6) is 0 Å². The number of amides is 1. The molecule has 2 heterocycles. The van der Waals surface area contributed by atoms with Crippen molar-refractivity contribution >= 4 is 22.4 Å². The Morgan fingerprint density at radius 2 is 2.04 bits per heavy atom. The lowest BCUT2D eigenvalue weighted by Gasteiger charge is -2.04. The number of carbonyl (C=O) groups excluding carboxylic acids is 1. The molecule has 3 rings (SSSR count). The van der Waals surface area contributed by atoms with Gasteiger partial charge in [-0.2, -0.15) is 5.10 Å². The van der Waals surface area contributed by atoms with Gasteiger partial charge in [0.2, 0.25) is 11.0 Å². The van der Waals surface area contributed by atoms with Gasteiger partial charge in [-0.25, -0.2) is 4.68 Å². The van der Waals surface area contributed by atoms with E-state index in [1.54, 1.807) is 10.9 Å². The number of hydrogen-bond donors (Lipinski definition) is 1. The van der Waals surface area contributed by atoms with Crippen LogP contribution in [0, 0.1) is 0 Å². The highest BCUT2D eigenvalue weighted by Crippen LogP contribution is 2.22. The monoisotopic (exact) mass is 327 g/mol. The van der Waals surface area contributed by atoms with Gasteiger partial charge in [-0.1, -0.05) is 37.3 Å². The molecular weight excluding hydrogens is 310 g/mol. The van der Waals surface area contributed by atoms with Gasteiger partial charge in [0, 0.05) is 18.3 Å². The van der Waals surface area contributed by atoms with E-state index in [4.69, 9.17) is 0 Å². The fraction of sp³-hybridized carbons (Fsp3) is 0.250. The molecule has 1 aromatic carbocycles. The third kappa shape index (κ3) is 3.81. The maximum Gasteiger partial charge on any atom is 0.230 e. The molecule has 118 valence electrons. The summed E-state index contributed by atoms with van der Waals surface area (Å²) in [5.74, 6) is 0.219. The lowest BCUT2D eigenvalue weighted by molar-refractivity contribution is -0.115. The standard InChI is InChI=1S/C16H17N5OS/c1-11(2)15-19-20-16(23-15)18-14(22)10-12-4-6-13(7-5-12)21-9-3-8-17-21/h3-9,11H,10H2,1-2H3,(H,18,20,22). The Kier molecular flexibility index (Phi) is 4.47. The van der Waals surface area contributed by atoms with E-state index >= 15 is 0 Å². The minimum absolute atomic E-state index is 0.0942. The van der Waals surface area contributed by atoms with Gasteiger partial charge in [-0.3, -0.25) is 4.79 Å². The largest absolute Gasteiger partial charge is 0.300 e. The molecular formula is C16H17N5OS. The molecule has 2 aromatic heterocycles. The molecule has 0 fully saturated rings. The van der Waals surface area contributed by atoms with Crippen molar-refractivity contribution in [2.45, 2.75) is 26.2 Å². The van der Waals surface area contributed by atoms with Gasteiger partial charge in [0.05, 0.1) is 12.1 Å². The van der Waals surface area contributed by atoms with E-state index in [2.05, 4.69) is 20.6 Å². The Labute approximate surface area is 138 Å². The van der Waals surface area contributed by atoms with Crippen molar-refractivity contribution in [2.75, 3.05) is 5.32 Å². The van der Waals surface area contributed by atoms with E-state index < -0.39 is 0 Å². The smallest absolute Gasteiger partial charge is 0.230 e. The van der Waals surface area contributed by atoms with Crippen molar-refractivity contribution in [2.24, 2.45) is 0 Å². The molecule has 0 spiro atoms. The molecule has 0 aliphatic carbocycles. The quantitative estimate of drug-likeness (QED) is 0.782. The number of rotatable bonds is 5. The highest BCUT2D eigenvalue weighted by molar-refractivity contribution is 7.15. The van der Waals surface area contributed by atoms with Crippen LogP contribution in [0.25, 0.3) is 5.69 Å². The number of nitrogens with zero attached hydrogens (tertiary/aromatic N) is 4. The minimum Gasteiger partial charge on any atom is -0.300 e. The summed E-state index contributed by atoms with van der Waals surface area (Å²) in [6.45, 7) is 4.10. The van der Waals surface area contributed by atoms with E-state index in [1.165, 1.54) is 11.3 Å². The summed E-state index contributed by atoms with van der Waals surface area (Å²) in [6.07, 6.45) is 3.91. The Hall–Kier alpha value is -2.54. The molecule has 7 heteroatoms. The zero-order valence-electron chi connectivity index (χ0n) is 12.9. The van der Waals surface area contributed by atoms with Crippen LogP contribution in [0.2, 0.25) is 0 Å². The van der Waals surface area contributed by atoms with Gasteiger partial charge in [-0.05, 0) is 23.8 Å². The molecule has 0 aliphatic rings. The minimum atomic E-state index is -0.0942. The fourth-order valence-electron chi connectivity index (χ4n) is 2.06. The molecule has 3 aromatic rings. The third-order valence-electron chi connectivity index (χ3n) is 3.25. The van der Waals surface area contributed by atoms with Crippen LogP contribution in [0.3, 0.4) is 0 Å². The van der Waals surface area contributed by atoms with Crippen molar-refractivity contribution in [3.63, 3.8) is 0 Å². The highest BCUT2D eigenvalue weighted by Gasteiger charge is 2.11. The number of hydrogen-bond acceptors (Lipinski definition) is 5. The van der Waals surface area contributed by atoms with Crippen LogP contribution in [0.15, 0.2) is 42.7 Å². The number of benzene rings is 1. The summed E-state index contributed by atoms with van der Waals surface area (Å²) >= 11 is 1.41. The number of aromatic nitrogens is 4. The lowest BCUT2D eigenvalue weighted by atomic mass is 10.1. The zero-order chi connectivity index (χ0) is 16.2. The maximum atomic E-state index is 12.1. The van der Waals surface area contributed by atoms with E-state index in [0.717, 1.165) is 16.3 Å². The molecule has 6 nitrogen and oxygen atoms in total. The second-order valence-electron chi connectivity index (χ2n) is 5.44. The first-order valence-corrected chi connectivity index (χ1v) is 8.15. The van der Waals surface area contributed by atoms with Crippen molar-refractivity contribution in [3.8, 4) is 5.69 Å².